The van der Waals surface area contributed by atoms with Gasteiger partial charge < -0.3 is 10.3 Å². The van der Waals surface area contributed by atoms with Crippen LogP contribution in [0.3, 0.4) is 0 Å². The molecule has 0 spiro atoms. The summed E-state index contributed by atoms with van der Waals surface area (Å²) >= 11 is 0. The zero-order valence-electron chi connectivity index (χ0n) is 9.82. The molecule has 1 aliphatic carbocycles. The van der Waals surface area contributed by atoms with Gasteiger partial charge in [-0.1, -0.05) is 18.6 Å². The van der Waals surface area contributed by atoms with E-state index < -0.39 is 0 Å². The van der Waals surface area contributed by atoms with Crippen LogP contribution in [-0.4, -0.2) is 4.57 Å². The number of nitrogens with two attached hydrogens (primary N) is 1. The van der Waals surface area contributed by atoms with Crippen molar-refractivity contribution in [3.8, 4) is 0 Å². The van der Waals surface area contributed by atoms with Crippen molar-refractivity contribution in [3.05, 3.63) is 35.8 Å². The minimum Gasteiger partial charge on any atom is -0.341 e. The average Bonchev–Trinajstić information content (AvgIpc) is 2.63. The molecule has 0 bridgehead atoms. The Kier molecular flexibility index (Phi) is 2.63. The van der Waals surface area contributed by atoms with Crippen LogP contribution in [0.25, 0.3) is 10.9 Å². The zero-order chi connectivity index (χ0) is 11.8. The molecule has 1 aromatic carbocycles. The number of nitrogens with zero attached hydrogens (tertiary/aromatic N) is 1. The van der Waals surface area contributed by atoms with Crippen molar-refractivity contribution in [1.29, 1.82) is 0 Å². The summed E-state index contributed by atoms with van der Waals surface area (Å²) in [6.45, 7) is 1.39. The summed E-state index contributed by atoms with van der Waals surface area (Å²) in [6.07, 6.45) is 3.83. The van der Waals surface area contributed by atoms with E-state index in [2.05, 4.69) is 4.57 Å². The van der Waals surface area contributed by atoms with Gasteiger partial charge in [-0.25, -0.2) is 4.39 Å². The molecule has 0 radical (unpaired) electrons. The molecule has 1 heterocycles. The Morgan fingerprint density at radius 3 is 2.82 bits per heavy atom. The highest BCUT2D eigenvalue weighted by molar-refractivity contribution is 5.82. The number of aromatic nitrogens is 1. The Morgan fingerprint density at radius 1 is 1.35 bits per heavy atom. The van der Waals surface area contributed by atoms with E-state index in [1.807, 2.05) is 12.1 Å². The molecule has 0 unspecified atom stereocenters. The quantitative estimate of drug-likeness (QED) is 0.866. The Labute approximate surface area is 100 Å². The van der Waals surface area contributed by atoms with Crippen molar-refractivity contribution in [1.82, 2.24) is 4.57 Å². The van der Waals surface area contributed by atoms with Crippen molar-refractivity contribution in [2.45, 2.75) is 32.4 Å². The van der Waals surface area contributed by atoms with E-state index in [0.717, 1.165) is 23.1 Å². The van der Waals surface area contributed by atoms with Crippen LogP contribution in [0, 0.1) is 11.7 Å². The van der Waals surface area contributed by atoms with Crippen molar-refractivity contribution in [2.75, 3.05) is 0 Å². The lowest BCUT2D eigenvalue weighted by Crippen LogP contribution is -2.20. The van der Waals surface area contributed by atoms with E-state index in [4.69, 9.17) is 5.73 Å². The average molecular weight is 232 g/mol. The summed E-state index contributed by atoms with van der Waals surface area (Å²) in [5.41, 5.74) is 7.52. The van der Waals surface area contributed by atoms with Gasteiger partial charge in [-0.15, -0.1) is 0 Å². The van der Waals surface area contributed by atoms with Gasteiger partial charge in [0.1, 0.15) is 5.82 Å². The number of fused-ring (bicyclic) bond motifs is 1. The molecular formula is C14H17FN2. The maximum absolute atomic E-state index is 13.9. The number of rotatable bonds is 3. The Morgan fingerprint density at radius 2 is 2.18 bits per heavy atom. The molecule has 3 heteroatoms. The number of benzene rings is 1. The third-order valence-corrected chi connectivity index (χ3v) is 3.83. The summed E-state index contributed by atoms with van der Waals surface area (Å²) in [4.78, 5) is 0. The van der Waals surface area contributed by atoms with Gasteiger partial charge in [-0.2, -0.15) is 0 Å². The summed E-state index contributed by atoms with van der Waals surface area (Å²) in [5, 5.41) is 0.963. The first-order valence-electron chi connectivity index (χ1n) is 6.26. The van der Waals surface area contributed by atoms with Crippen LogP contribution >= 0.6 is 0 Å². The van der Waals surface area contributed by atoms with Gasteiger partial charge in [0, 0.05) is 24.2 Å². The predicted octanol–water partition coefficient (Wildman–Crippen LogP) is 3.04. The topological polar surface area (TPSA) is 30.9 Å². The van der Waals surface area contributed by atoms with Crippen LogP contribution in [0.1, 0.15) is 25.0 Å². The summed E-state index contributed by atoms with van der Waals surface area (Å²) in [5.74, 6) is 0.567. The lowest BCUT2D eigenvalue weighted by atomic mass is 9.85. The van der Waals surface area contributed by atoms with E-state index in [-0.39, 0.29) is 5.82 Å². The van der Waals surface area contributed by atoms with Gasteiger partial charge in [0.15, 0.2) is 0 Å². The van der Waals surface area contributed by atoms with E-state index in [1.165, 1.54) is 25.3 Å². The fraction of sp³-hybridized carbons (Fsp3) is 0.429. The van der Waals surface area contributed by atoms with Crippen LogP contribution in [0.4, 0.5) is 4.39 Å². The van der Waals surface area contributed by atoms with Gasteiger partial charge in [-0.3, -0.25) is 0 Å². The first-order chi connectivity index (χ1) is 8.29. The highest BCUT2D eigenvalue weighted by atomic mass is 19.1. The molecule has 17 heavy (non-hydrogen) atoms. The fourth-order valence-corrected chi connectivity index (χ4v) is 2.65. The van der Waals surface area contributed by atoms with Gasteiger partial charge in [0.2, 0.25) is 0 Å². The molecule has 90 valence electrons. The maximum Gasteiger partial charge on any atom is 0.147 e. The monoisotopic (exact) mass is 232 g/mol. The fourth-order valence-electron chi connectivity index (χ4n) is 2.65. The third kappa shape index (κ3) is 1.75. The van der Waals surface area contributed by atoms with Gasteiger partial charge in [0.25, 0.3) is 0 Å². The molecule has 1 aliphatic rings. The summed E-state index contributed by atoms with van der Waals surface area (Å²) in [6, 6.07) is 7.25. The van der Waals surface area contributed by atoms with E-state index in [9.17, 15) is 4.39 Å². The Bertz CT molecular complexity index is 540. The Balaban J connectivity index is 2.10. The van der Waals surface area contributed by atoms with Crippen LogP contribution < -0.4 is 5.73 Å². The second-order valence-corrected chi connectivity index (χ2v) is 4.93. The van der Waals surface area contributed by atoms with E-state index in [1.54, 1.807) is 6.07 Å². The molecule has 0 aliphatic heterocycles. The first kappa shape index (κ1) is 10.8. The molecule has 1 aromatic heterocycles. The highest BCUT2D eigenvalue weighted by Crippen LogP contribution is 2.31. The molecule has 2 nitrogen and oxygen atoms in total. The van der Waals surface area contributed by atoms with E-state index >= 15 is 0 Å². The summed E-state index contributed by atoms with van der Waals surface area (Å²) < 4.78 is 16.0. The second-order valence-electron chi connectivity index (χ2n) is 4.93. The molecule has 0 amide bonds. The minimum absolute atomic E-state index is 0.137. The third-order valence-electron chi connectivity index (χ3n) is 3.83. The molecule has 1 fully saturated rings. The summed E-state index contributed by atoms with van der Waals surface area (Å²) in [7, 11) is 0. The zero-order valence-corrected chi connectivity index (χ0v) is 9.82. The van der Waals surface area contributed by atoms with Gasteiger partial charge >= 0.3 is 0 Å². The maximum atomic E-state index is 13.9. The molecule has 0 saturated heterocycles. The van der Waals surface area contributed by atoms with Crippen LogP contribution in [0.15, 0.2) is 24.3 Å². The molecule has 2 aromatic rings. The minimum atomic E-state index is -0.137. The van der Waals surface area contributed by atoms with Crippen molar-refractivity contribution in [3.63, 3.8) is 0 Å². The van der Waals surface area contributed by atoms with Crippen LogP contribution in [0.5, 0.6) is 0 Å². The largest absolute Gasteiger partial charge is 0.341 e. The predicted molar refractivity (Wildman–Crippen MR) is 67.1 cm³/mol. The number of halogens is 1. The number of hydrogen-bond acceptors (Lipinski definition) is 1. The van der Waals surface area contributed by atoms with E-state index in [0.29, 0.717) is 12.5 Å². The second kappa shape index (κ2) is 4.15. The normalized spacial score (nSPS) is 16.4. The lowest BCUT2D eigenvalue weighted by Gasteiger charge is -2.27. The van der Waals surface area contributed by atoms with Gasteiger partial charge in [0.05, 0.1) is 5.52 Å². The Hall–Kier alpha value is -1.35. The molecule has 1 saturated carbocycles. The van der Waals surface area contributed by atoms with Crippen LogP contribution in [0.2, 0.25) is 0 Å². The highest BCUT2D eigenvalue weighted by Gasteiger charge is 2.20. The first-order valence-corrected chi connectivity index (χ1v) is 6.26. The molecule has 3 rings (SSSR count). The smallest absolute Gasteiger partial charge is 0.147 e. The standard InChI is InChI=1S/C14H17FN2/c15-13-6-2-5-11-7-12(8-16)17(14(11)13)9-10-3-1-4-10/h2,5-7,10H,1,3-4,8-9,16H2. The van der Waals surface area contributed by atoms with Crippen LogP contribution in [-0.2, 0) is 13.1 Å². The SMILES string of the molecule is NCc1cc2cccc(F)c2n1CC1CCC1. The van der Waals surface area contributed by atoms with Crippen molar-refractivity contribution in [2.24, 2.45) is 11.7 Å². The molecule has 2 N–H and O–H groups in total. The molecule has 0 atom stereocenters. The van der Waals surface area contributed by atoms with Crippen molar-refractivity contribution >= 4 is 10.9 Å². The lowest BCUT2D eigenvalue weighted by molar-refractivity contribution is 0.277. The molecular weight excluding hydrogens is 215 g/mol. The number of hydrogen-bond donors (Lipinski definition) is 1. The number of para-hydroxylation sites is 1. The van der Waals surface area contributed by atoms with Gasteiger partial charge in [-0.05, 0) is 30.9 Å². The van der Waals surface area contributed by atoms with Crippen molar-refractivity contribution < 1.29 is 4.39 Å².